The van der Waals surface area contributed by atoms with E-state index < -0.39 is 0 Å². The summed E-state index contributed by atoms with van der Waals surface area (Å²) in [5, 5.41) is 0.692. The van der Waals surface area contributed by atoms with Gasteiger partial charge in [0, 0.05) is 10.9 Å². The highest BCUT2D eigenvalue weighted by molar-refractivity contribution is 6.30. The van der Waals surface area contributed by atoms with Gasteiger partial charge in [-0.25, -0.2) is 0 Å². The SMILES string of the molecule is COC(=O)C1COCC1c1ccc(Cl)cc1. The number of halogens is 1. The van der Waals surface area contributed by atoms with Crippen LogP contribution in [-0.2, 0) is 14.3 Å². The van der Waals surface area contributed by atoms with E-state index in [1.165, 1.54) is 7.11 Å². The van der Waals surface area contributed by atoms with E-state index >= 15 is 0 Å². The van der Waals surface area contributed by atoms with Crippen LogP contribution in [0.3, 0.4) is 0 Å². The van der Waals surface area contributed by atoms with Crippen LogP contribution >= 0.6 is 11.6 Å². The molecule has 1 saturated heterocycles. The molecule has 1 aliphatic rings. The van der Waals surface area contributed by atoms with E-state index in [0.717, 1.165) is 5.56 Å². The first-order chi connectivity index (χ1) is 7.72. The quantitative estimate of drug-likeness (QED) is 0.744. The van der Waals surface area contributed by atoms with Crippen LogP contribution in [-0.4, -0.2) is 26.3 Å². The highest BCUT2D eigenvalue weighted by atomic mass is 35.5. The standard InChI is InChI=1S/C12H13ClO3/c1-15-12(14)11-7-16-6-10(11)8-2-4-9(13)5-3-8/h2-5,10-11H,6-7H2,1H3. The largest absolute Gasteiger partial charge is 0.469 e. The van der Waals surface area contributed by atoms with Gasteiger partial charge in [0.15, 0.2) is 0 Å². The molecule has 1 heterocycles. The van der Waals surface area contributed by atoms with Gasteiger partial charge in [0.1, 0.15) is 0 Å². The fourth-order valence-electron chi connectivity index (χ4n) is 1.98. The van der Waals surface area contributed by atoms with E-state index in [9.17, 15) is 4.79 Å². The second-order valence-corrected chi connectivity index (χ2v) is 4.26. The fraction of sp³-hybridized carbons (Fsp3) is 0.417. The van der Waals surface area contributed by atoms with Crippen LogP contribution in [0.2, 0.25) is 5.02 Å². The first-order valence-electron chi connectivity index (χ1n) is 5.13. The molecule has 1 aromatic carbocycles. The van der Waals surface area contributed by atoms with Crippen LogP contribution in [0.5, 0.6) is 0 Å². The number of carbonyl (C=O) groups excluding carboxylic acids is 1. The predicted molar refractivity (Wildman–Crippen MR) is 60.5 cm³/mol. The molecule has 4 heteroatoms. The third-order valence-corrected chi connectivity index (χ3v) is 3.13. The Morgan fingerprint density at radius 3 is 2.69 bits per heavy atom. The minimum atomic E-state index is -0.211. The van der Waals surface area contributed by atoms with E-state index in [-0.39, 0.29) is 17.8 Å². The predicted octanol–water partition coefficient (Wildman–Crippen LogP) is 2.24. The zero-order chi connectivity index (χ0) is 11.5. The number of rotatable bonds is 2. The van der Waals surface area contributed by atoms with Crippen molar-refractivity contribution in [2.75, 3.05) is 20.3 Å². The molecule has 2 unspecified atom stereocenters. The van der Waals surface area contributed by atoms with Crippen molar-refractivity contribution >= 4 is 17.6 Å². The first kappa shape index (κ1) is 11.4. The molecular formula is C12H13ClO3. The van der Waals surface area contributed by atoms with Gasteiger partial charge >= 0.3 is 5.97 Å². The Labute approximate surface area is 99.3 Å². The lowest BCUT2D eigenvalue weighted by Gasteiger charge is -2.15. The van der Waals surface area contributed by atoms with Crippen molar-refractivity contribution in [3.8, 4) is 0 Å². The molecule has 2 atom stereocenters. The monoisotopic (exact) mass is 240 g/mol. The van der Waals surface area contributed by atoms with E-state index in [0.29, 0.717) is 18.2 Å². The van der Waals surface area contributed by atoms with Crippen molar-refractivity contribution in [3.63, 3.8) is 0 Å². The third kappa shape index (κ3) is 2.20. The van der Waals surface area contributed by atoms with Gasteiger partial charge in [0.2, 0.25) is 0 Å². The summed E-state index contributed by atoms with van der Waals surface area (Å²) in [7, 11) is 1.40. The summed E-state index contributed by atoms with van der Waals surface area (Å²) < 4.78 is 10.1. The molecule has 2 rings (SSSR count). The molecule has 0 spiro atoms. The van der Waals surface area contributed by atoms with E-state index in [1.807, 2.05) is 24.3 Å². The number of hydrogen-bond donors (Lipinski definition) is 0. The number of carbonyl (C=O) groups is 1. The topological polar surface area (TPSA) is 35.5 Å². The molecule has 1 fully saturated rings. The molecule has 0 N–H and O–H groups in total. The highest BCUT2D eigenvalue weighted by Gasteiger charge is 2.35. The molecule has 0 bridgehead atoms. The average molecular weight is 241 g/mol. The average Bonchev–Trinajstić information content (AvgIpc) is 2.78. The van der Waals surface area contributed by atoms with Crippen molar-refractivity contribution in [2.24, 2.45) is 5.92 Å². The molecule has 0 saturated carbocycles. The molecule has 1 aromatic rings. The zero-order valence-corrected chi connectivity index (χ0v) is 9.74. The molecule has 3 nitrogen and oxygen atoms in total. The van der Waals surface area contributed by atoms with Gasteiger partial charge in [-0.3, -0.25) is 4.79 Å². The van der Waals surface area contributed by atoms with Crippen molar-refractivity contribution in [1.82, 2.24) is 0 Å². The summed E-state index contributed by atoms with van der Waals surface area (Å²) >= 11 is 5.82. The minimum absolute atomic E-state index is 0.0738. The summed E-state index contributed by atoms with van der Waals surface area (Å²) in [5.41, 5.74) is 1.07. The summed E-state index contributed by atoms with van der Waals surface area (Å²) in [5.74, 6) is -0.339. The fourth-order valence-corrected chi connectivity index (χ4v) is 2.10. The molecule has 0 aliphatic carbocycles. The Morgan fingerprint density at radius 1 is 1.38 bits per heavy atom. The molecule has 16 heavy (non-hydrogen) atoms. The van der Waals surface area contributed by atoms with Crippen LogP contribution in [0.1, 0.15) is 11.5 Å². The Kier molecular flexibility index (Phi) is 3.46. The highest BCUT2D eigenvalue weighted by Crippen LogP contribution is 2.32. The second-order valence-electron chi connectivity index (χ2n) is 3.83. The van der Waals surface area contributed by atoms with Gasteiger partial charge in [0.05, 0.1) is 26.2 Å². The molecule has 1 aliphatic heterocycles. The summed E-state index contributed by atoms with van der Waals surface area (Å²) in [6, 6.07) is 7.50. The van der Waals surface area contributed by atoms with Gasteiger partial charge in [-0.1, -0.05) is 23.7 Å². The van der Waals surface area contributed by atoms with E-state index in [4.69, 9.17) is 21.1 Å². The number of methoxy groups -OCH3 is 1. The third-order valence-electron chi connectivity index (χ3n) is 2.88. The molecule has 0 aromatic heterocycles. The van der Waals surface area contributed by atoms with Crippen molar-refractivity contribution < 1.29 is 14.3 Å². The maximum atomic E-state index is 11.5. The Bertz CT molecular complexity index is 374. The Morgan fingerprint density at radius 2 is 2.06 bits per heavy atom. The molecular weight excluding hydrogens is 228 g/mol. The summed E-state index contributed by atoms with van der Waals surface area (Å²) in [6.45, 7) is 0.987. The van der Waals surface area contributed by atoms with Gasteiger partial charge in [-0.2, -0.15) is 0 Å². The van der Waals surface area contributed by atoms with Crippen LogP contribution < -0.4 is 0 Å². The van der Waals surface area contributed by atoms with Crippen LogP contribution in [0.4, 0.5) is 0 Å². The van der Waals surface area contributed by atoms with Gasteiger partial charge in [-0.15, -0.1) is 0 Å². The minimum Gasteiger partial charge on any atom is -0.469 e. The van der Waals surface area contributed by atoms with Crippen molar-refractivity contribution in [3.05, 3.63) is 34.9 Å². The van der Waals surface area contributed by atoms with Crippen molar-refractivity contribution in [2.45, 2.75) is 5.92 Å². The first-order valence-corrected chi connectivity index (χ1v) is 5.51. The maximum absolute atomic E-state index is 11.5. The zero-order valence-electron chi connectivity index (χ0n) is 8.98. The second kappa shape index (κ2) is 4.85. The lowest BCUT2D eigenvalue weighted by Crippen LogP contribution is -2.22. The van der Waals surface area contributed by atoms with E-state index in [1.54, 1.807) is 0 Å². The van der Waals surface area contributed by atoms with Crippen molar-refractivity contribution in [1.29, 1.82) is 0 Å². The molecule has 0 amide bonds. The van der Waals surface area contributed by atoms with Crippen LogP contribution in [0.15, 0.2) is 24.3 Å². The normalized spacial score (nSPS) is 24.4. The summed E-state index contributed by atoms with van der Waals surface area (Å²) in [6.07, 6.45) is 0. The van der Waals surface area contributed by atoms with Gasteiger partial charge in [0.25, 0.3) is 0 Å². The lowest BCUT2D eigenvalue weighted by atomic mass is 9.89. The number of hydrogen-bond acceptors (Lipinski definition) is 3. The Hall–Kier alpha value is -1.06. The maximum Gasteiger partial charge on any atom is 0.311 e. The van der Waals surface area contributed by atoms with E-state index in [2.05, 4.69) is 0 Å². The molecule has 86 valence electrons. The number of esters is 1. The molecule has 0 radical (unpaired) electrons. The Balaban J connectivity index is 2.19. The van der Waals surface area contributed by atoms with Crippen LogP contribution in [0, 0.1) is 5.92 Å². The van der Waals surface area contributed by atoms with Gasteiger partial charge < -0.3 is 9.47 Å². The number of benzene rings is 1. The lowest BCUT2D eigenvalue weighted by molar-refractivity contribution is -0.145. The van der Waals surface area contributed by atoms with Gasteiger partial charge in [-0.05, 0) is 17.7 Å². The number of ether oxygens (including phenoxy) is 2. The smallest absolute Gasteiger partial charge is 0.311 e. The summed E-state index contributed by atoms with van der Waals surface area (Å²) in [4.78, 5) is 11.5. The van der Waals surface area contributed by atoms with Crippen LogP contribution in [0.25, 0.3) is 0 Å².